The van der Waals surface area contributed by atoms with Crippen LogP contribution in [0, 0.1) is 0 Å². The molecule has 0 saturated carbocycles. The Morgan fingerprint density at radius 3 is 2.71 bits per heavy atom. The lowest BCUT2D eigenvalue weighted by Gasteiger charge is -2.15. The minimum atomic E-state index is -0.952. The molecule has 0 aromatic heterocycles. The standard InChI is InChI=1S/C19H24N4O5/c1-5-10-28-14-7-6-13(11-15(14)27-4)12-20-22-16(24)8-9-23-17(25)19(2,3)21-18(23)26/h5-7,11-12H,1,8-10H2,2-4H3,(H,21,26)(H,22,24)/b20-12-. The Morgan fingerprint density at radius 2 is 2.11 bits per heavy atom. The molecule has 1 aromatic rings. The van der Waals surface area contributed by atoms with Crippen molar-refractivity contribution in [2.24, 2.45) is 5.10 Å². The van der Waals surface area contributed by atoms with Gasteiger partial charge < -0.3 is 14.8 Å². The fraction of sp³-hybridized carbons (Fsp3) is 0.368. The van der Waals surface area contributed by atoms with Gasteiger partial charge in [-0.25, -0.2) is 10.2 Å². The van der Waals surface area contributed by atoms with Crippen LogP contribution in [0.1, 0.15) is 25.8 Å². The van der Waals surface area contributed by atoms with E-state index in [9.17, 15) is 14.4 Å². The Kier molecular flexibility index (Phi) is 6.75. The number of methoxy groups -OCH3 is 1. The van der Waals surface area contributed by atoms with Gasteiger partial charge in [0.05, 0.1) is 13.3 Å². The number of hydrogen-bond donors (Lipinski definition) is 2. The highest BCUT2D eigenvalue weighted by Crippen LogP contribution is 2.27. The lowest BCUT2D eigenvalue weighted by atomic mass is 10.1. The van der Waals surface area contributed by atoms with Crippen LogP contribution >= 0.6 is 0 Å². The second kappa shape index (κ2) is 9.03. The van der Waals surface area contributed by atoms with Gasteiger partial charge in [0.25, 0.3) is 5.91 Å². The Labute approximate surface area is 163 Å². The molecule has 0 spiro atoms. The number of nitrogens with zero attached hydrogens (tertiary/aromatic N) is 2. The van der Waals surface area contributed by atoms with E-state index in [1.165, 1.54) is 13.3 Å². The van der Waals surface area contributed by atoms with Gasteiger partial charge in [-0.3, -0.25) is 14.5 Å². The van der Waals surface area contributed by atoms with Crippen LogP contribution in [0.15, 0.2) is 36.0 Å². The van der Waals surface area contributed by atoms with Crippen molar-refractivity contribution in [2.75, 3.05) is 20.3 Å². The van der Waals surface area contributed by atoms with Gasteiger partial charge in [-0.05, 0) is 37.6 Å². The van der Waals surface area contributed by atoms with Crippen molar-refractivity contribution in [1.82, 2.24) is 15.6 Å². The lowest BCUT2D eigenvalue weighted by Crippen LogP contribution is -2.40. The molecule has 1 fully saturated rings. The zero-order valence-corrected chi connectivity index (χ0v) is 16.2. The third-order valence-corrected chi connectivity index (χ3v) is 3.95. The second-order valence-electron chi connectivity index (χ2n) is 6.57. The molecule has 2 rings (SSSR count). The van der Waals surface area contributed by atoms with Crippen LogP contribution in [0.3, 0.4) is 0 Å². The maximum atomic E-state index is 12.1. The summed E-state index contributed by atoms with van der Waals surface area (Å²) in [5.74, 6) is 0.317. The fourth-order valence-corrected chi connectivity index (χ4v) is 2.50. The van der Waals surface area contributed by atoms with E-state index in [0.29, 0.717) is 23.7 Å². The number of hydrazone groups is 1. The fourth-order valence-electron chi connectivity index (χ4n) is 2.50. The summed E-state index contributed by atoms with van der Waals surface area (Å²) in [5.41, 5.74) is 2.11. The summed E-state index contributed by atoms with van der Waals surface area (Å²) < 4.78 is 10.7. The summed E-state index contributed by atoms with van der Waals surface area (Å²) in [7, 11) is 1.52. The van der Waals surface area contributed by atoms with Crippen molar-refractivity contribution < 1.29 is 23.9 Å². The van der Waals surface area contributed by atoms with Gasteiger partial charge in [-0.15, -0.1) is 0 Å². The largest absolute Gasteiger partial charge is 0.493 e. The van der Waals surface area contributed by atoms with Gasteiger partial charge >= 0.3 is 6.03 Å². The number of imide groups is 1. The Bertz CT molecular complexity index is 804. The van der Waals surface area contributed by atoms with Crippen LogP contribution in [-0.4, -0.2) is 54.8 Å². The number of carbonyl (C=O) groups excluding carboxylic acids is 3. The van der Waals surface area contributed by atoms with E-state index in [4.69, 9.17) is 9.47 Å². The summed E-state index contributed by atoms with van der Waals surface area (Å²) in [5, 5.41) is 6.44. The SMILES string of the molecule is C=CCOc1ccc(/C=N\NC(=O)CCN2C(=O)NC(C)(C)C2=O)cc1OC. The third-order valence-electron chi connectivity index (χ3n) is 3.95. The highest BCUT2D eigenvalue weighted by atomic mass is 16.5. The third kappa shape index (κ3) is 5.09. The van der Waals surface area contributed by atoms with Gasteiger partial charge in [-0.1, -0.05) is 12.7 Å². The van der Waals surface area contributed by atoms with E-state index in [1.807, 2.05) is 0 Å². The number of carbonyl (C=O) groups is 3. The molecule has 0 radical (unpaired) electrons. The van der Waals surface area contributed by atoms with Crippen LogP contribution in [-0.2, 0) is 9.59 Å². The Morgan fingerprint density at radius 1 is 1.36 bits per heavy atom. The van der Waals surface area contributed by atoms with E-state index in [0.717, 1.165) is 4.90 Å². The first-order chi connectivity index (χ1) is 13.3. The van der Waals surface area contributed by atoms with Crippen LogP contribution in [0.25, 0.3) is 0 Å². The van der Waals surface area contributed by atoms with Crippen molar-refractivity contribution in [2.45, 2.75) is 25.8 Å². The molecule has 1 aromatic carbocycles. The predicted molar refractivity (Wildman–Crippen MR) is 103 cm³/mol. The number of hydrogen-bond acceptors (Lipinski definition) is 6. The molecule has 0 bridgehead atoms. The van der Waals surface area contributed by atoms with Crippen LogP contribution in [0.5, 0.6) is 11.5 Å². The average Bonchev–Trinajstić information content (AvgIpc) is 2.85. The highest BCUT2D eigenvalue weighted by molar-refractivity contribution is 6.06. The number of benzene rings is 1. The maximum Gasteiger partial charge on any atom is 0.325 e. The van der Waals surface area contributed by atoms with E-state index in [2.05, 4.69) is 22.4 Å². The zero-order chi connectivity index (χ0) is 20.7. The van der Waals surface area contributed by atoms with Crippen LogP contribution in [0.4, 0.5) is 4.79 Å². The first kappa shape index (κ1) is 20.9. The molecule has 1 heterocycles. The van der Waals surface area contributed by atoms with E-state index >= 15 is 0 Å². The zero-order valence-electron chi connectivity index (χ0n) is 16.2. The van der Waals surface area contributed by atoms with E-state index in [-0.39, 0.29) is 18.9 Å². The molecule has 150 valence electrons. The summed E-state index contributed by atoms with van der Waals surface area (Å²) in [6.07, 6.45) is 3.03. The second-order valence-corrected chi connectivity index (χ2v) is 6.57. The molecular formula is C19H24N4O5. The first-order valence-electron chi connectivity index (χ1n) is 8.66. The maximum absolute atomic E-state index is 12.1. The molecule has 0 aliphatic carbocycles. The van der Waals surface area contributed by atoms with E-state index in [1.54, 1.807) is 38.1 Å². The molecule has 4 amide bonds. The predicted octanol–water partition coefficient (Wildman–Crippen LogP) is 1.43. The summed E-state index contributed by atoms with van der Waals surface area (Å²) in [6.45, 7) is 7.15. The van der Waals surface area contributed by atoms with Crippen molar-refractivity contribution in [3.63, 3.8) is 0 Å². The molecule has 0 atom stereocenters. The number of urea groups is 1. The molecule has 1 aliphatic heterocycles. The van der Waals surface area contributed by atoms with Crippen molar-refractivity contribution in [3.05, 3.63) is 36.4 Å². The van der Waals surface area contributed by atoms with Crippen LogP contribution < -0.4 is 20.2 Å². The smallest absolute Gasteiger partial charge is 0.325 e. The topological polar surface area (TPSA) is 109 Å². The van der Waals surface area contributed by atoms with Crippen molar-refractivity contribution in [1.29, 1.82) is 0 Å². The Balaban J connectivity index is 1.87. The molecular weight excluding hydrogens is 364 g/mol. The first-order valence-corrected chi connectivity index (χ1v) is 8.66. The van der Waals surface area contributed by atoms with Gasteiger partial charge in [-0.2, -0.15) is 5.10 Å². The number of rotatable bonds is 9. The van der Waals surface area contributed by atoms with Crippen molar-refractivity contribution in [3.8, 4) is 11.5 Å². The number of amides is 4. The minimum Gasteiger partial charge on any atom is -0.493 e. The highest BCUT2D eigenvalue weighted by Gasteiger charge is 2.43. The molecule has 1 aliphatic rings. The summed E-state index contributed by atoms with van der Waals surface area (Å²) in [4.78, 5) is 36.8. The molecule has 28 heavy (non-hydrogen) atoms. The molecule has 2 N–H and O–H groups in total. The quantitative estimate of drug-likeness (QED) is 0.288. The lowest BCUT2D eigenvalue weighted by molar-refractivity contribution is -0.130. The molecule has 0 unspecified atom stereocenters. The molecule has 1 saturated heterocycles. The number of nitrogens with one attached hydrogen (secondary N) is 2. The number of ether oxygens (including phenoxy) is 2. The summed E-state index contributed by atoms with van der Waals surface area (Å²) >= 11 is 0. The average molecular weight is 388 g/mol. The van der Waals surface area contributed by atoms with E-state index < -0.39 is 17.5 Å². The van der Waals surface area contributed by atoms with Gasteiger partial charge in [0.1, 0.15) is 12.1 Å². The minimum absolute atomic E-state index is 0.0153. The van der Waals surface area contributed by atoms with Gasteiger partial charge in [0.2, 0.25) is 5.91 Å². The van der Waals surface area contributed by atoms with Gasteiger partial charge in [0, 0.05) is 13.0 Å². The normalized spacial score (nSPS) is 15.5. The summed E-state index contributed by atoms with van der Waals surface area (Å²) in [6, 6.07) is 4.69. The molecule has 9 nitrogen and oxygen atoms in total. The Hall–Kier alpha value is -3.36. The monoisotopic (exact) mass is 388 g/mol. The van der Waals surface area contributed by atoms with Gasteiger partial charge in [0.15, 0.2) is 11.5 Å². The molecule has 9 heteroatoms. The van der Waals surface area contributed by atoms with Crippen LogP contribution in [0.2, 0.25) is 0 Å². The van der Waals surface area contributed by atoms with Crippen molar-refractivity contribution >= 4 is 24.1 Å².